The lowest BCUT2D eigenvalue weighted by Crippen LogP contribution is -2.61. The van der Waals surface area contributed by atoms with E-state index in [1.165, 1.54) is 12.3 Å². The van der Waals surface area contributed by atoms with Gasteiger partial charge in [0.2, 0.25) is 10.0 Å². The van der Waals surface area contributed by atoms with Gasteiger partial charge in [0.1, 0.15) is 4.90 Å². The molecule has 1 heterocycles. The van der Waals surface area contributed by atoms with Crippen molar-refractivity contribution in [1.82, 2.24) is 9.71 Å². The quantitative estimate of drug-likeness (QED) is 0.531. The molecule has 2 atom stereocenters. The minimum atomic E-state index is -3.68. The Labute approximate surface area is 125 Å². The van der Waals surface area contributed by atoms with Crippen LogP contribution in [0.25, 0.3) is 0 Å². The molecule has 7 nitrogen and oxygen atoms in total. The van der Waals surface area contributed by atoms with E-state index in [9.17, 15) is 8.42 Å². The monoisotopic (exact) mass is 314 g/mol. The molecule has 4 N–H and O–H groups in total. The van der Waals surface area contributed by atoms with Crippen molar-refractivity contribution in [1.29, 1.82) is 0 Å². The second-order valence-electron chi connectivity index (χ2n) is 5.67. The summed E-state index contributed by atoms with van der Waals surface area (Å²) in [5.74, 6) is 5.44. The van der Waals surface area contributed by atoms with E-state index in [1.807, 2.05) is 20.8 Å². The van der Waals surface area contributed by atoms with Gasteiger partial charge in [-0.05, 0) is 25.5 Å². The number of ether oxygens (including phenoxy) is 1. The summed E-state index contributed by atoms with van der Waals surface area (Å²) in [6.07, 6.45) is 2.20. The van der Waals surface area contributed by atoms with Crippen LogP contribution in [0.15, 0.2) is 23.2 Å². The Morgan fingerprint density at radius 1 is 1.52 bits per heavy atom. The van der Waals surface area contributed by atoms with Crippen LogP contribution in [0.1, 0.15) is 27.2 Å². The molecular weight excluding hydrogens is 292 g/mol. The number of hydrogen-bond donors (Lipinski definition) is 3. The van der Waals surface area contributed by atoms with Crippen LogP contribution in [0, 0.1) is 5.41 Å². The van der Waals surface area contributed by atoms with Gasteiger partial charge in [0, 0.05) is 24.3 Å². The maximum Gasteiger partial charge on any atom is 0.244 e. The summed E-state index contributed by atoms with van der Waals surface area (Å²) in [7, 11) is -3.68. The maximum atomic E-state index is 12.5. The third-order valence-corrected chi connectivity index (χ3v) is 5.54. The number of rotatable bonds is 6. The van der Waals surface area contributed by atoms with Gasteiger partial charge < -0.3 is 10.2 Å². The van der Waals surface area contributed by atoms with Crippen LogP contribution in [-0.4, -0.2) is 32.2 Å². The average molecular weight is 314 g/mol. The van der Waals surface area contributed by atoms with Crippen LogP contribution >= 0.6 is 0 Å². The van der Waals surface area contributed by atoms with Gasteiger partial charge in [0.25, 0.3) is 0 Å². The van der Waals surface area contributed by atoms with E-state index in [0.717, 1.165) is 0 Å². The molecule has 0 radical (unpaired) electrons. The highest BCUT2D eigenvalue weighted by Crippen LogP contribution is 2.43. The van der Waals surface area contributed by atoms with Crippen molar-refractivity contribution in [2.24, 2.45) is 11.3 Å². The zero-order chi connectivity index (χ0) is 15.7. The average Bonchev–Trinajstić information content (AvgIpc) is 2.46. The van der Waals surface area contributed by atoms with E-state index >= 15 is 0 Å². The molecule has 0 bridgehead atoms. The van der Waals surface area contributed by atoms with Crippen LogP contribution in [0.2, 0.25) is 0 Å². The van der Waals surface area contributed by atoms with Crippen LogP contribution in [0.3, 0.4) is 0 Å². The highest BCUT2D eigenvalue weighted by atomic mass is 32.2. The lowest BCUT2D eigenvalue weighted by molar-refractivity contribution is -0.108. The molecule has 0 aliphatic heterocycles. The minimum absolute atomic E-state index is 0.0446. The zero-order valence-electron chi connectivity index (χ0n) is 12.5. The molecule has 21 heavy (non-hydrogen) atoms. The highest BCUT2D eigenvalue weighted by Gasteiger charge is 2.50. The first-order valence-electron chi connectivity index (χ1n) is 6.88. The number of sulfonamides is 1. The summed E-state index contributed by atoms with van der Waals surface area (Å²) in [6, 6.07) is 2.85. The van der Waals surface area contributed by atoms with Gasteiger partial charge in [0.15, 0.2) is 5.82 Å². The summed E-state index contributed by atoms with van der Waals surface area (Å²) < 4.78 is 33.3. The third kappa shape index (κ3) is 3.03. The van der Waals surface area contributed by atoms with Crippen molar-refractivity contribution in [3.63, 3.8) is 0 Å². The summed E-state index contributed by atoms with van der Waals surface area (Å²) in [5.41, 5.74) is 2.06. The van der Waals surface area contributed by atoms with E-state index in [0.29, 0.717) is 13.0 Å². The fourth-order valence-electron chi connectivity index (χ4n) is 2.54. The first-order chi connectivity index (χ1) is 9.82. The summed E-state index contributed by atoms with van der Waals surface area (Å²) >= 11 is 0. The highest BCUT2D eigenvalue weighted by molar-refractivity contribution is 7.89. The molecule has 118 valence electrons. The molecular formula is C13H22N4O3S. The van der Waals surface area contributed by atoms with E-state index < -0.39 is 10.0 Å². The molecule has 1 fully saturated rings. The molecule has 1 aliphatic rings. The number of hydrazine groups is 1. The zero-order valence-corrected chi connectivity index (χ0v) is 13.3. The predicted molar refractivity (Wildman–Crippen MR) is 80.0 cm³/mol. The number of aromatic nitrogens is 1. The van der Waals surface area contributed by atoms with Gasteiger partial charge in [-0.3, -0.25) is 0 Å². The van der Waals surface area contributed by atoms with Crippen LogP contribution in [0.4, 0.5) is 5.82 Å². The van der Waals surface area contributed by atoms with E-state index in [4.69, 9.17) is 10.6 Å². The van der Waals surface area contributed by atoms with Gasteiger partial charge in [0.05, 0.1) is 6.10 Å². The molecule has 1 saturated carbocycles. The van der Waals surface area contributed by atoms with Crippen molar-refractivity contribution >= 4 is 15.8 Å². The normalized spacial score (nSPS) is 24.4. The number of nitrogens with two attached hydrogens (primary N) is 1. The number of pyridine rings is 1. The Balaban J connectivity index is 2.16. The Morgan fingerprint density at radius 2 is 2.24 bits per heavy atom. The standard InChI is InChI=1S/C13H22N4O3S/c1-4-20-11-8-10(13(11,2)3)17-21(18,19)9-6-5-7-15-12(9)16-14/h5-7,10-11,17H,4,8,14H2,1-3H3,(H,15,16). The predicted octanol–water partition coefficient (Wildman–Crippen LogP) is 0.849. The van der Waals surface area contributed by atoms with Crippen molar-refractivity contribution in [3.8, 4) is 0 Å². The minimum Gasteiger partial charge on any atom is -0.378 e. The smallest absolute Gasteiger partial charge is 0.244 e. The second kappa shape index (κ2) is 5.88. The molecule has 0 saturated heterocycles. The Kier molecular flexibility index (Phi) is 4.52. The van der Waals surface area contributed by atoms with Crippen molar-refractivity contribution in [3.05, 3.63) is 18.3 Å². The molecule has 0 aromatic carbocycles. The lowest BCUT2D eigenvalue weighted by Gasteiger charge is -2.51. The van der Waals surface area contributed by atoms with Crippen molar-refractivity contribution in [2.75, 3.05) is 12.0 Å². The Bertz CT molecular complexity index is 603. The van der Waals surface area contributed by atoms with Gasteiger partial charge in [-0.15, -0.1) is 0 Å². The lowest BCUT2D eigenvalue weighted by atomic mass is 9.65. The fourth-order valence-corrected chi connectivity index (χ4v) is 4.06. The van der Waals surface area contributed by atoms with E-state index in [2.05, 4.69) is 15.1 Å². The number of nitrogen functional groups attached to an aromatic ring is 1. The van der Waals surface area contributed by atoms with E-state index in [-0.39, 0.29) is 28.3 Å². The molecule has 2 unspecified atom stereocenters. The van der Waals surface area contributed by atoms with Crippen molar-refractivity contribution < 1.29 is 13.2 Å². The maximum absolute atomic E-state index is 12.5. The molecule has 1 aliphatic carbocycles. The summed E-state index contributed by atoms with van der Waals surface area (Å²) in [5, 5.41) is 0. The molecule has 0 amide bonds. The number of anilines is 1. The Hall–Kier alpha value is -1.22. The molecule has 8 heteroatoms. The number of nitrogens with zero attached hydrogens (tertiary/aromatic N) is 1. The number of hydrogen-bond acceptors (Lipinski definition) is 6. The van der Waals surface area contributed by atoms with Crippen molar-refractivity contribution in [2.45, 2.75) is 44.2 Å². The van der Waals surface area contributed by atoms with Gasteiger partial charge in [-0.1, -0.05) is 13.8 Å². The topological polar surface area (TPSA) is 106 Å². The van der Waals surface area contributed by atoms with Crippen LogP contribution < -0.4 is 16.0 Å². The second-order valence-corrected chi connectivity index (χ2v) is 7.35. The van der Waals surface area contributed by atoms with Crippen LogP contribution in [0.5, 0.6) is 0 Å². The first-order valence-corrected chi connectivity index (χ1v) is 8.36. The molecule has 2 rings (SSSR count). The van der Waals surface area contributed by atoms with Gasteiger partial charge >= 0.3 is 0 Å². The molecule has 1 aromatic rings. The van der Waals surface area contributed by atoms with E-state index in [1.54, 1.807) is 6.07 Å². The molecule has 0 spiro atoms. The third-order valence-electron chi connectivity index (χ3n) is 4.04. The summed E-state index contributed by atoms with van der Waals surface area (Å²) in [6.45, 7) is 6.55. The molecule has 1 aromatic heterocycles. The summed E-state index contributed by atoms with van der Waals surface area (Å²) in [4.78, 5) is 3.96. The fraction of sp³-hybridized carbons (Fsp3) is 0.615. The van der Waals surface area contributed by atoms with Gasteiger partial charge in [-0.25, -0.2) is 24.0 Å². The number of nitrogens with one attached hydrogen (secondary N) is 2. The SMILES string of the molecule is CCOC1CC(NS(=O)(=O)c2cccnc2NN)C1(C)C. The Morgan fingerprint density at radius 3 is 2.81 bits per heavy atom. The van der Waals surface area contributed by atoms with Gasteiger partial charge in [-0.2, -0.15) is 0 Å². The largest absolute Gasteiger partial charge is 0.378 e. The first kappa shape index (κ1) is 16.2. The van der Waals surface area contributed by atoms with Crippen LogP contribution in [-0.2, 0) is 14.8 Å².